The predicted octanol–water partition coefficient (Wildman–Crippen LogP) is 0.697. The van der Waals surface area contributed by atoms with Crippen LogP contribution in [0.5, 0.6) is 0 Å². The zero-order valence-corrected chi connectivity index (χ0v) is 10.8. The molecule has 0 saturated carbocycles. The van der Waals surface area contributed by atoms with Gasteiger partial charge >= 0.3 is 0 Å². The van der Waals surface area contributed by atoms with Crippen LogP contribution in [0.2, 0.25) is 0 Å². The van der Waals surface area contributed by atoms with Gasteiger partial charge in [-0.1, -0.05) is 12.1 Å². The van der Waals surface area contributed by atoms with E-state index in [0.717, 1.165) is 0 Å². The predicted molar refractivity (Wildman–Crippen MR) is 69.0 cm³/mol. The number of piperazine rings is 1. The molecular weight excluding hydrogens is 249 g/mol. The van der Waals surface area contributed by atoms with Crippen molar-refractivity contribution in [2.24, 2.45) is 5.73 Å². The van der Waals surface area contributed by atoms with E-state index in [1.54, 1.807) is 26.0 Å². The largest absolute Gasteiger partial charge is 0.348 e. The monoisotopic (exact) mass is 265 g/mol. The third kappa shape index (κ3) is 2.44. The Morgan fingerprint density at radius 1 is 1.47 bits per heavy atom. The number of carbonyl (C=O) groups is 2. The highest BCUT2D eigenvalue weighted by molar-refractivity contribution is 6.04. The fourth-order valence-electron chi connectivity index (χ4n) is 2.19. The first kappa shape index (κ1) is 13.5. The Kier molecular flexibility index (Phi) is 3.53. The van der Waals surface area contributed by atoms with Gasteiger partial charge in [-0.15, -0.1) is 0 Å². The summed E-state index contributed by atoms with van der Waals surface area (Å²) in [7, 11) is 0. The number of nitrogens with two attached hydrogens (primary N) is 1. The molecule has 1 aliphatic rings. The fourth-order valence-corrected chi connectivity index (χ4v) is 2.19. The molecule has 3 N–H and O–H groups in total. The van der Waals surface area contributed by atoms with E-state index in [1.807, 2.05) is 0 Å². The Hall–Kier alpha value is -1.95. The number of nitrogens with zero attached hydrogens (tertiary/aromatic N) is 1. The van der Waals surface area contributed by atoms with Crippen molar-refractivity contribution in [3.63, 3.8) is 0 Å². The van der Waals surface area contributed by atoms with Crippen LogP contribution in [0.25, 0.3) is 0 Å². The zero-order chi connectivity index (χ0) is 14.2. The van der Waals surface area contributed by atoms with Gasteiger partial charge in [0, 0.05) is 6.04 Å². The van der Waals surface area contributed by atoms with Crippen LogP contribution in [-0.2, 0) is 9.59 Å². The van der Waals surface area contributed by atoms with E-state index in [4.69, 9.17) is 5.73 Å². The van der Waals surface area contributed by atoms with Crippen molar-refractivity contribution in [1.82, 2.24) is 5.32 Å². The number of para-hydroxylation sites is 1. The van der Waals surface area contributed by atoms with Crippen molar-refractivity contribution in [1.29, 1.82) is 0 Å². The van der Waals surface area contributed by atoms with Crippen LogP contribution in [0.1, 0.15) is 25.5 Å². The Balaban J connectivity index is 2.51. The van der Waals surface area contributed by atoms with Crippen LogP contribution in [0, 0.1) is 5.82 Å². The summed E-state index contributed by atoms with van der Waals surface area (Å²) in [6.45, 7) is 3.29. The van der Waals surface area contributed by atoms with Crippen LogP contribution in [0.4, 0.5) is 10.1 Å². The number of amides is 2. The Morgan fingerprint density at radius 2 is 2.16 bits per heavy atom. The highest BCUT2D eigenvalue weighted by Crippen LogP contribution is 2.30. The van der Waals surface area contributed by atoms with Crippen molar-refractivity contribution >= 4 is 17.5 Å². The summed E-state index contributed by atoms with van der Waals surface area (Å²) in [5.74, 6) is -1.36. The van der Waals surface area contributed by atoms with E-state index >= 15 is 0 Å². The SMILES string of the molecule is CC1C(=O)NC(=O)CN1c1c(F)cccc1[C@H](C)N. The minimum atomic E-state index is -0.618. The summed E-state index contributed by atoms with van der Waals surface area (Å²) >= 11 is 0. The van der Waals surface area contributed by atoms with Crippen molar-refractivity contribution in [3.8, 4) is 0 Å². The van der Waals surface area contributed by atoms with Crippen LogP contribution in [0.3, 0.4) is 0 Å². The molecule has 1 saturated heterocycles. The molecule has 19 heavy (non-hydrogen) atoms. The van der Waals surface area contributed by atoms with Crippen LogP contribution in [0.15, 0.2) is 18.2 Å². The Bertz CT molecular complexity index is 531. The molecular formula is C13H16FN3O2. The minimum absolute atomic E-state index is 0.0619. The number of imide groups is 1. The summed E-state index contributed by atoms with van der Waals surface area (Å²) < 4.78 is 14.1. The van der Waals surface area contributed by atoms with Gasteiger partial charge in [-0.05, 0) is 25.5 Å². The van der Waals surface area contributed by atoms with Crippen molar-refractivity contribution in [2.75, 3.05) is 11.4 Å². The second kappa shape index (κ2) is 4.97. The van der Waals surface area contributed by atoms with Crippen molar-refractivity contribution in [3.05, 3.63) is 29.6 Å². The van der Waals surface area contributed by atoms with Gasteiger partial charge in [0.1, 0.15) is 11.9 Å². The van der Waals surface area contributed by atoms with E-state index in [9.17, 15) is 14.0 Å². The smallest absolute Gasteiger partial charge is 0.249 e. The summed E-state index contributed by atoms with van der Waals surface area (Å²) in [5.41, 5.74) is 6.63. The molecule has 2 amide bonds. The van der Waals surface area contributed by atoms with E-state index in [-0.39, 0.29) is 12.2 Å². The molecule has 1 fully saturated rings. The maximum atomic E-state index is 14.1. The van der Waals surface area contributed by atoms with E-state index in [1.165, 1.54) is 11.0 Å². The molecule has 5 nitrogen and oxygen atoms in total. The van der Waals surface area contributed by atoms with E-state index in [2.05, 4.69) is 5.32 Å². The van der Waals surface area contributed by atoms with Crippen LogP contribution < -0.4 is 16.0 Å². The first-order valence-electron chi connectivity index (χ1n) is 6.06. The Labute approximate surface area is 110 Å². The molecule has 0 aromatic heterocycles. The fraction of sp³-hybridized carbons (Fsp3) is 0.385. The van der Waals surface area contributed by atoms with Gasteiger partial charge in [-0.3, -0.25) is 14.9 Å². The molecule has 2 atom stereocenters. The summed E-state index contributed by atoms with van der Waals surface area (Å²) in [5, 5.41) is 2.22. The quantitative estimate of drug-likeness (QED) is 0.772. The lowest BCUT2D eigenvalue weighted by atomic mass is 10.0. The minimum Gasteiger partial charge on any atom is -0.348 e. The molecule has 0 radical (unpaired) electrons. The number of benzene rings is 1. The average Bonchev–Trinajstić information content (AvgIpc) is 2.33. The van der Waals surface area contributed by atoms with Gasteiger partial charge in [0.05, 0.1) is 12.2 Å². The van der Waals surface area contributed by atoms with Gasteiger partial charge in [0.2, 0.25) is 11.8 Å². The van der Waals surface area contributed by atoms with E-state index in [0.29, 0.717) is 5.56 Å². The van der Waals surface area contributed by atoms with Gasteiger partial charge < -0.3 is 10.6 Å². The number of carbonyl (C=O) groups excluding carboxylic acids is 2. The third-order valence-corrected chi connectivity index (χ3v) is 3.22. The van der Waals surface area contributed by atoms with Gasteiger partial charge in [0.25, 0.3) is 0 Å². The molecule has 0 bridgehead atoms. The first-order chi connectivity index (χ1) is 8.91. The molecule has 1 unspecified atom stereocenters. The second-order valence-corrected chi connectivity index (χ2v) is 4.68. The second-order valence-electron chi connectivity index (χ2n) is 4.68. The average molecular weight is 265 g/mol. The topological polar surface area (TPSA) is 75.4 Å². The van der Waals surface area contributed by atoms with E-state index < -0.39 is 29.7 Å². The molecule has 0 spiro atoms. The number of hydrogen-bond acceptors (Lipinski definition) is 4. The van der Waals surface area contributed by atoms with Crippen molar-refractivity contribution in [2.45, 2.75) is 25.9 Å². The van der Waals surface area contributed by atoms with Crippen LogP contribution in [-0.4, -0.2) is 24.4 Å². The molecule has 1 aromatic carbocycles. The lowest BCUT2D eigenvalue weighted by molar-refractivity contribution is -0.132. The molecule has 6 heteroatoms. The number of rotatable bonds is 2. The maximum absolute atomic E-state index is 14.1. The first-order valence-corrected chi connectivity index (χ1v) is 6.06. The number of hydrogen-bond donors (Lipinski definition) is 2. The van der Waals surface area contributed by atoms with Gasteiger partial charge in [0.15, 0.2) is 0 Å². The summed E-state index contributed by atoms with van der Waals surface area (Å²) in [4.78, 5) is 24.6. The summed E-state index contributed by atoms with van der Waals surface area (Å²) in [6, 6.07) is 3.55. The number of halogens is 1. The lowest BCUT2D eigenvalue weighted by Gasteiger charge is -2.35. The number of anilines is 1. The number of nitrogens with one attached hydrogen (secondary N) is 1. The third-order valence-electron chi connectivity index (χ3n) is 3.22. The molecule has 1 aliphatic heterocycles. The van der Waals surface area contributed by atoms with Gasteiger partial charge in [-0.25, -0.2) is 4.39 Å². The molecule has 0 aliphatic carbocycles. The highest BCUT2D eigenvalue weighted by atomic mass is 19.1. The molecule has 1 aromatic rings. The normalized spacial score (nSPS) is 21.3. The molecule has 102 valence electrons. The standard InChI is InChI=1S/C13H16FN3O2/c1-7(15)9-4-3-5-10(14)12(9)17-6-11(18)16-13(19)8(17)2/h3-5,7-8H,6,15H2,1-2H3,(H,16,18,19)/t7-,8?/m0/s1. The van der Waals surface area contributed by atoms with Crippen LogP contribution >= 0.6 is 0 Å². The maximum Gasteiger partial charge on any atom is 0.249 e. The lowest BCUT2D eigenvalue weighted by Crippen LogP contribution is -2.57. The van der Waals surface area contributed by atoms with Crippen molar-refractivity contribution < 1.29 is 14.0 Å². The molecule has 1 heterocycles. The zero-order valence-electron chi connectivity index (χ0n) is 10.8. The molecule has 2 rings (SSSR count). The summed E-state index contributed by atoms with van der Waals surface area (Å²) in [6.07, 6.45) is 0. The van der Waals surface area contributed by atoms with Gasteiger partial charge in [-0.2, -0.15) is 0 Å². The Morgan fingerprint density at radius 3 is 2.79 bits per heavy atom. The highest BCUT2D eigenvalue weighted by Gasteiger charge is 2.33.